The summed E-state index contributed by atoms with van der Waals surface area (Å²) in [6.45, 7) is 3.69. The number of carbonyl (C=O) groups is 1. The van der Waals surface area contributed by atoms with Crippen molar-refractivity contribution in [3.05, 3.63) is 18.2 Å². The van der Waals surface area contributed by atoms with Crippen LogP contribution in [0.2, 0.25) is 0 Å². The first-order valence-corrected chi connectivity index (χ1v) is 6.43. The van der Waals surface area contributed by atoms with Gasteiger partial charge >= 0.3 is 0 Å². The average molecular weight is 266 g/mol. The van der Waals surface area contributed by atoms with Crippen molar-refractivity contribution in [2.75, 3.05) is 32.6 Å². The maximum Gasteiger partial charge on any atom is 0.225 e. The molecule has 0 aliphatic carbocycles. The molecule has 0 heterocycles. The number of benzene rings is 1. The Hall–Kier alpha value is -1.75. The van der Waals surface area contributed by atoms with Gasteiger partial charge in [0.2, 0.25) is 5.91 Å². The van der Waals surface area contributed by atoms with Crippen molar-refractivity contribution in [2.45, 2.75) is 19.8 Å². The standard InChI is InChI=1S/C14H22N2O3/c1-4-8-15-9-7-14(17)16-12-10-11(18-2)5-6-13(12)19-3/h5-6,10,15H,4,7-9H2,1-3H3,(H,16,17). The molecule has 1 rings (SSSR count). The Morgan fingerprint density at radius 1 is 1.21 bits per heavy atom. The Bertz CT molecular complexity index is 408. The molecule has 0 bridgehead atoms. The van der Waals surface area contributed by atoms with Crippen molar-refractivity contribution in [1.82, 2.24) is 5.32 Å². The van der Waals surface area contributed by atoms with Gasteiger partial charge in [0.15, 0.2) is 0 Å². The first kappa shape index (κ1) is 15.3. The Kier molecular flexibility index (Phi) is 6.74. The molecule has 1 aromatic rings. The molecule has 0 aromatic heterocycles. The highest BCUT2D eigenvalue weighted by Gasteiger charge is 2.08. The highest BCUT2D eigenvalue weighted by Crippen LogP contribution is 2.28. The fourth-order valence-corrected chi connectivity index (χ4v) is 1.63. The second kappa shape index (κ2) is 8.37. The smallest absolute Gasteiger partial charge is 0.225 e. The fraction of sp³-hybridized carbons (Fsp3) is 0.500. The van der Waals surface area contributed by atoms with Gasteiger partial charge in [-0.1, -0.05) is 6.92 Å². The second-order valence-corrected chi connectivity index (χ2v) is 4.11. The van der Waals surface area contributed by atoms with E-state index in [0.717, 1.165) is 13.0 Å². The number of anilines is 1. The van der Waals surface area contributed by atoms with E-state index in [-0.39, 0.29) is 5.91 Å². The van der Waals surface area contributed by atoms with Gasteiger partial charge in [0.25, 0.3) is 0 Å². The minimum absolute atomic E-state index is 0.0462. The van der Waals surface area contributed by atoms with Crippen LogP contribution in [0.1, 0.15) is 19.8 Å². The molecular formula is C14H22N2O3. The molecular weight excluding hydrogens is 244 g/mol. The van der Waals surface area contributed by atoms with Crippen LogP contribution in [-0.2, 0) is 4.79 Å². The summed E-state index contributed by atoms with van der Waals surface area (Å²) in [7, 11) is 3.16. The number of amides is 1. The van der Waals surface area contributed by atoms with Gasteiger partial charge in [-0.3, -0.25) is 4.79 Å². The monoisotopic (exact) mass is 266 g/mol. The van der Waals surface area contributed by atoms with Crippen molar-refractivity contribution < 1.29 is 14.3 Å². The van der Waals surface area contributed by atoms with Crippen LogP contribution < -0.4 is 20.1 Å². The fourth-order valence-electron chi connectivity index (χ4n) is 1.63. The van der Waals surface area contributed by atoms with Gasteiger partial charge in [-0.2, -0.15) is 0 Å². The number of ether oxygens (including phenoxy) is 2. The zero-order chi connectivity index (χ0) is 14.1. The van der Waals surface area contributed by atoms with Crippen LogP contribution in [0.3, 0.4) is 0 Å². The van der Waals surface area contributed by atoms with Crippen molar-refractivity contribution in [2.24, 2.45) is 0 Å². The van der Waals surface area contributed by atoms with Gasteiger partial charge in [-0.25, -0.2) is 0 Å². The van der Waals surface area contributed by atoms with Crippen molar-refractivity contribution >= 4 is 11.6 Å². The largest absolute Gasteiger partial charge is 0.497 e. The van der Waals surface area contributed by atoms with Gasteiger partial charge in [0.1, 0.15) is 11.5 Å². The summed E-state index contributed by atoms with van der Waals surface area (Å²) >= 11 is 0. The lowest BCUT2D eigenvalue weighted by Gasteiger charge is -2.11. The van der Waals surface area contributed by atoms with Crippen LogP contribution in [0.4, 0.5) is 5.69 Å². The zero-order valence-corrected chi connectivity index (χ0v) is 11.8. The summed E-state index contributed by atoms with van der Waals surface area (Å²) in [6, 6.07) is 5.30. The minimum Gasteiger partial charge on any atom is -0.497 e. The Morgan fingerprint density at radius 2 is 2.00 bits per heavy atom. The molecule has 1 aromatic carbocycles. The number of carbonyl (C=O) groups excluding carboxylic acids is 1. The van der Waals surface area contributed by atoms with E-state index in [0.29, 0.717) is 30.2 Å². The third-order valence-corrected chi connectivity index (χ3v) is 2.64. The van der Waals surface area contributed by atoms with E-state index in [4.69, 9.17) is 9.47 Å². The molecule has 0 saturated heterocycles. The molecule has 0 aliphatic heterocycles. The number of hydrogen-bond acceptors (Lipinski definition) is 4. The molecule has 106 valence electrons. The first-order chi connectivity index (χ1) is 9.21. The van der Waals surface area contributed by atoms with Crippen LogP contribution in [0.5, 0.6) is 11.5 Å². The molecule has 0 spiro atoms. The average Bonchev–Trinajstić information content (AvgIpc) is 2.43. The summed E-state index contributed by atoms with van der Waals surface area (Å²) < 4.78 is 10.3. The maximum atomic E-state index is 11.8. The predicted octanol–water partition coefficient (Wildman–Crippen LogP) is 2.03. The van der Waals surface area contributed by atoms with Gasteiger partial charge < -0.3 is 20.1 Å². The lowest BCUT2D eigenvalue weighted by Crippen LogP contribution is -2.22. The highest BCUT2D eigenvalue weighted by molar-refractivity contribution is 5.92. The third-order valence-electron chi connectivity index (χ3n) is 2.64. The van der Waals surface area contributed by atoms with Crippen LogP contribution in [0.25, 0.3) is 0 Å². The molecule has 0 fully saturated rings. The number of nitrogens with one attached hydrogen (secondary N) is 2. The van der Waals surface area contributed by atoms with E-state index in [9.17, 15) is 4.79 Å². The van der Waals surface area contributed by atoms with Gasteiger partial charge in [0.05, 0.1) is 19.9 Å². The van der Waals surface area contributed by atoms with Gasteiger partial charge in [-0.15, -0.1) is 0 Å². The van der Waals surface area contributed by atoms with Crippen LogP contribution in [0, 0.1) is 0 Å². The molecule has 0 saturated carbocycles. The van der Waals surface area contributed by atoms with E-state index in [2.05, 4.69) is 17.6 Å². The normalized spacial score (nSPS) is 10.1. The van der Waals surface area contributed by atoms with E-state index in [1.165, 1.54) is 0 Å². The Balaban J connectivity index is 2.56. The highest BCUT2D eigenvalue weighted by atomic mass is 16.5. The molecule has 5 nitrogen and oxygen atoms in total. The quantitative estimate of drug-likeness (QED) is 0.707. The third kappa shape index (κ3) is 5.18. The van der Waals surface area contributed by atoms with Crippen LogP contribution in [0.15, 0.2) is 18.2 Å². The summed E-state index contributed by atoms with van der Waals surface area (Å²) in [4.78, 5) is 11.8. The Morgan fingerprint density at radius 3 is 2.63 bits per heavy atom. The molecule has 1 amide bonds. The topological polar surface area (TPSA) is 59.6 Å². The molecule has 0 aliphatic rings. The lowest BCUT2D eigenvalue weighted by molar-refractivity contribution is -0.116. The number of hydrogen-bond donors (Lipinski definition) is 2. The molecule has 19 heavy (non-hydrogen) atoms. The summed E-state index contributed by atoms with van der Waals surface area (Å²) in [5.41, 5.74) is 0.627. The number of methoxy groups -OCH3 is 2. The molecule has 0 atom stereocenters. The molecule has 5 heteroatoms. The van der Waals surface area contributed by atoms with Gasteiger partial charge in [-0.05, 0) is 25.1 Å². The molecule has 2 N–H and O–H groups in total. The Labute approximate surface area is 114 Å². The van der Waals surface area contributed by atoms with Crippen molar-refractivity contribution in [1.29, 1.82) is 0 Å². The SMILES string of the molecule is CCCNCCC(=O)Nc1cc(OC)ccc1OC. The molecule has 0 radical (unpaired) electrons. The van der Waals surface area contributed by atoms with Crippen molar-refractivity contribution in [3.63, 3.8) is 0 Å². The predicted molar refractivity (Wildman–Crippen MR) is 76.0 cm³/mol. The number of rotatable bonds is 8. The van der Waals surface area contributed by atoms with Crippen molar-refractivity contribution in [3.8, 4) is 11.5 Å². The lowest BCUT2D eigenvalue weighted by atomic mass is 10.2. The second-order valence-electron chi connectivity index (χ2n) is 4.11. The summed E-state index contributed by atoms with van der Waals surface area (Å²) in [6.07, 6.45) is 1.49. The van der Waals surface area contributed by atoms with Crippen LogP contribution in [-0.4, -0.2) is 33.2 Å². The minimum atomic E-state index is -0.0462. The summed E-state index contributed by atoms with van der Waals surface area (Å²) in [5, 5.41) is 6.02. The van der Waals surface area contributed by atoms with E-state index in [1.54, 1.807) is 32.4 Å². The first-order valence-electron chi connectivity index (χ1n) is 6.43. The van der Waals surface area contributed by atoms with E-state index in [1.807, 2.05) is 0 Å². The molecule has 0 unspecified atom stereocenters. The van der Waals surface area contributed by atoms with Gasteiger partial charge in [0, 0.05) is 19.0 Å². The maximum absolute atomic E-state index is 11.8. The van der Waals surface area contributed by atoms with E-state index >= 15 is 0 Å². The zero-order valence-electron chi connectivity index (χ0n) is 11.8. The van der Waals surface area contributed by atoms with Crippen LogP contribution >= 0.6 is 0 Å². The van der Waals surface area contributed by atoms with E-state index < -0.39 is 0 Å². The summed E-state index contributed by atoms with van der Waals surface area (Å²) in [5.74, 6) is 1.26.